The zero-order valence-electron chi connectivity index (χ0n) is 8.62. The van der Waals surface area contributed by atoms with E-state index in [0.29, 0.717) is 12.2 Å². The van der Waals surface area contributed by atoms with Crippen LogP contribution in [-0.4, -0.2) is 23.8 Å². The fraction of sp³-hybridized carbons (Fsp3) is 0.400. The highest BCUT2D eigenvalue weighted by atomic mass is 79.9. The van der Waals surface area contributed by atoms with Crippen LogP contribution in [0.25, 0.3) is 0 Å². The van der Waals surface area contributed by atoms with Crippen LogP contribution in [0.15, 0.2) is 21.8 Å². The average Bonchev–Trinajstić information content (AvgIpc) is 2.24. The number of aryl methyl sites for hydroxylation is 1. The van der Waals surface area contributed by atoms with Crippen LogP contribution in [0.3, 0.4) is 0 Å². The van der Waals surface area contributed by atoms with Crippen molar-refractivity contribution in [1.82, 2.24) is 4.98 Å². The van der Waals surface area contributed by atoms with Gasteiger partial charge in [0.15, 0.2) is 0 Å². The van der Waals surface area contributed by atoms with E-state index in [0.717, 1.165) is 15.1 Å². The Morgan fingerprint density at radius 3 is 3.07 bits per heavy atom. The van der Waals surface area contributed by atoms with Crippen molar-refractivity contribution in [2.75, 3.05) is 12.9 Å². The Labute approximate surface area is 102 Å². The molecular weight excluding hydrogens is 278 g/mol. The number of rotatable bonds is 4. The number of hydrogen-bond donors (Lipinski definition) is 0. The smallest absolute Gasteiger partial charge is 0.306 e. The van der Waals surface area contributed by atoms with Crippen molar-refractivity contribution in [2.24, 2.45) is 0 Å². The summed E-state index contributed by atoms with van der Waals surface area (Å²) in [4.78, 5) is 15.1. The molecular formula is C10H12BrNO2S. The first-order valence-corrected chi connectivity index (χ1v) is 6.23. The monoisotopic (exact) mass is 289 g/mol. The van der Waals surface area contributed by atoms with E-state index in [9.17, 15) is 4.79 Å². The molecule has 0 bridgehead atoms. The summed E-state index contributed by atoms with van der Waals surface area (Å²) in [5.41, 5.74) is 1.14. The lowest BCUT2D eigenvalue weighted by Gasteiger charge is -2.04. The zero-order chi connectivity index (χ0) is 11.3. The molecule has 0 aliphatic heterocycles. The molecule has 82 valence electrons. The van der Waals surface area contributed by atoms with E-state index < -0.39 is 0 Å². The molecule has 0 saturated carbocycles. The molecule has 0 aromatic carbocycles. The van der Waals surface area contributed by atoms with Crippen LogP contribution in [0.1, 0.15) is 12.0 Å². The molecule has 0 saturated heterocycles. The second-order valence-electron chi connectivity index (χ2n) is 2.92. The molecule has 1 aromatic rings. The van der Waals surface area contributed by atoms with Gasteiger partial charge in [0, 0.05) is 11.9 Å². The number of pyridine rings is 1. The van der Waals surface area contributed by atoms with Crippen LogP contribution < -0.4 is 0 Å². The number of hydrogen-bond acceptors (Lipinski definition) is 4. The van der Waals surface area contributed by atoms with Crippen LogP contribution in [0.4, 0.5) is 0 Å². The molecule has 1 rings (SSSR count). The summed E-state index contributed by atoms with van der Waals surface area (Å²) in [6.07, 6.45) is 2.17. The lowest BCUT2D eigenvalue weighted by Crippen LogP contribution is -2.01. The summed E-state index contributed by atoms with van der Waals surface area (Å²) < 4.78 is 5.56. The Morgan fingerprint density at radius 2 is 2.40 bits per heavy atom. The quantitative estimate of drug-likeness (QED) is 0.631. The Bertz CT molecular complexity index is 357. The third-order valence-electron chi connectivity index (χ3n) is 1.82. The number of nitrogens with zero attached hydrogens (tertiary/aromatic N) is 1. The van der Waals surface area contributed by atoms with Crippen LogP contribution >= 0.6 is 27.7 Å². The molecule has 1 heterocycles. The van der Waals surface area contributed by atoms with E-state index >= 15 is 0 Å². The minimum atomic E-state index is -0.189. The minimum Gasteiger partial charge on any atom is -0.469 e. The predicted octanol–water partition coefficient (Wildman–Crippen LogP) is 2.81. The summed E-state index contributed by atoms with van der Waals surface area (Å²) in [5.74, 6) is 0.494. The molecule has 1 aromatic heterocycles. The van der Waals surface area contributed by atoms with E-state index in [4.69, 9.17) is 0 Å². The molecule has 0 N–H and O–H groups in total. The fourth-order valence-corrected chi connectivity index (χ4v) is 2.41. The molecule has 0 atom stereocenters. The number of carbonyl (C=O) groups is 1. The van der Waals surface area contributed by atoms with Gasteiger partial charge >= 0.3 is 5.97 Å². The molecule has 15 heavy (non-hydrogen) atoms. The van der Waals surface area contributed by atoms with Gasteiger partial charge < -0.3 is 4.74 Å². The first kappa shape index (κ1) is 12.5. The molecule has 0 radical (unpaired) electrons. The lowest BCUT2D eigenvalue weighted by molar-refractivity contribution is -0.140. The third-order valence-corrected chi connectivity index (χ3v) is 4.08. The van der Waals surface area contributed by atoms with Crippen LogP contribution in [0.2, 0.25) is 0 Å². The van der Waals surface area contributed by atoms with Gasteiger partial charge in [-0.25, -0.2) is 4.98 Å². The highest BCUT2D eigenvalue weighted by Crippen LogP contribution is 2.28. The molecule has 0 fully saturated rings. The van der Waals surface area contributed by atoms with Crippen LogP contribution in [-0.2, 0) is 9.53 Å². The maximum Gasteiger partial charge on any atom is 0.306 e. The lowest BCUT2D eigenvalue weighted by atomic mass is 10.3. The van der Waals surface area contributed by atoms with Crippen LogP contribution in [0.5, 0.6) is 0 Å². The van der Waals surface area contributed by atoms with Crippen molar-refractivity contribution in [3.8, 4) is 0 Å². The molecule has 0 aliphatic carbocycles. The maximum absolute atomic E-state index is 10.9. The summed E-state index contributed by atoms with van der Waals surface area (Å²) in [7, 11) is 1.40. The minimum absolute atomic E-state index is 0.189. The molecule has 0 amide bonds. The number of ether oxygens (including phenoxy) is 1. The van der Waals surface area contributed by atoms with Gasteiger partial charge in [-0.1, -0.05) is 0 Å². The Morgan fingerprint density at radius 1 is 1.67 bits per heavy atom. The van der Waals surface area contributed by atoms with Gasteiger partial charge in [0.2, 0.25) is 0 Å². The Kier molecular flexibility index (Phi) is 5.11. The SMILES string of the molecule is COC(=O)CCSc1nccc(C)c1Br. The van der Waals surface area contributed by atoms with Crippen molar-refractivity contribution in [1.29, 1.82) is 0 Å². The van der Waals surface area contributed by atoms with E-state index in [1.165, 1.54) is 7.11 Å². The number of aromatic nitrogens is 1. The first-order chi connectivity index (χ1) is 7.15. The average molecular weight is 290 g/mol. The molecule has 5 heteroatoms. The van der Waals surface area contributed by atoms with Crippen molar-refractivity contribution >= 4 is 33.7 Å². The van der Waals surface area contributed by atoms with Gasteiger partial charge in [-0.15, -0.1) is 11.8 Å². The van der Waals surface area contributed by atoms with Gasteiger partial charge in [-0.05, 0) is 34.5 Å². The second-order valence-corrected chi connectivity index (χ2v) is 4.80. The van der Waals surface area contributed by atoms with Crippen molar-refractivity contribution in [3.05, 3.63) is 22.3 Å². The van der Waals surface area contributed by atoms with Gasteiger partial charge in [-0.3, -0.25) is 4.79 Å². The number of esters is 1. The molecule has 3 nitrogen and oxygen atoms in total. The Balaban J connectivity index is 2.51. The summed E-state index contributed by atoms with van der Waals surface area (Å²) in [6.45, 7) is 2.01. The van der Waals surface area contributed by atoms with E-state index in [2.05, 4.69) is 25.7 Å². The zero-order valence-corrected chi connectivity index (χ0v) is 11.0. The van der Waals surface area contributed by atoms with Gasteiger partial charge in [-0.2, -0.15) is 0 Å². The third kappa shape index (κ3) is 3.83. The summed E-state index contributed by atoms with van der Waals surface area (Å²) >= 11 is 5.01. The van der Waals surface area contributed by atoms with Gasteiger partial charge in [0.05, 0.1) is 18.0 Å². The molecule has 0 spiro atoms. The van der Waals surface area contributed by atoms with Crippen molar-refractivity contribution < 1.29 is 9.53 Å². The van der Waals surface area contributed by atoms with E-state index in [1.807, 2.05) is 13.0 Å². The highest BCUT2D eigenvalue weighted by Gasteiger charge is 2.06. The second kappa shape index (κ2) is 6.12. The van der Waals surface area contributed by atoms with Crippen molar-refractivity contribution in [3.63, 3.8) is 0 Å². The van der Waals surface area contributed by atoms with Gasteiger partial charge in [0.25, 0.3) is 0 Å². The molecule has 0 aliphatic rings. The Hall–Kier alpha value is -0.550. The number of thioether (sulfide) groups is 1. The van der Waals surface area contributed by atoms with Crippen LogP contribution in [0, 0.1) is 6.92 Å². The summed E-state index contributed by atoms with van der Waals surface area (Å²) in [6, 6.07) is 1.94. The number of methoxy groups -OCH3 is 1. The first-order valence-electron chi connectivity index (χ1n) is 4.46. The molecule has 0 unspecified atom stereocenters. The topological polar surface area (TPSA) is 39.2 Å². The maximum atomic E-state index is 10.9. The largest absolute Gasteiger partial charge is 0.469 e. The standard InChI is InChI=1S/C10H12BrNO2S/c1-7-3-5-12-10(9(7)11)15-6-4-8(13)14-2/h3,5H,4,6H2,1-2H3. The van der Waals surface area contributed by atoms with E-state index in [-0.39, 0.29) is 5.97 Å². The number of carbonyl (C=O) groups excluding carboxylic acids is 1. The van der Waals surface area contributed by atoms with Gasteiger partial charge in [0.1, 0.15) is 5.03 Å². The number of halogens is 1. The highest BCUT2D eigenvalue weighted by molar-refractivity contribution is 9.10. The fourth-order valence-electron chi connectivity index (χ4n) is 0.949. The van der Waals surface area contributed by atoms with Crippen molar-refractivity contribution in [2.45, 2.75) is 18.4 Å². The predicted molar refractivity (Wildman–Crippen MR) is 64.0 cm³/mol. The summed E-state index contributed by atoms with van der Waals surface area (Å²) in [5, 5.41) is 0.916. The van der Waals surface area contributed by atoms with E-state index in [1.54, 1.807) is 18.0 Å². The normalized spacial score (nSPS) is 10.1.